The van der Waals surface area contributed by atoms with Crippen molar-refractivity contribution in [3.05, 3.63) is 42.2 Å². The van der Waals surface area contributed by atoms with Gasteiger partial charge in [-0.25, -0.2) is 4.98 Å². The van der Waals surface area contributed by atoms with Crippen LogP contribution in [0.25, 0.3) is 11.4 Å². The zero-order valence-corrected chi connectivity index (χ0v) is 7.88. The van der Waals surface area contributed by atoms with Crippen molar-refractivity contribution in [2.24, 2.45) is 0 Å². The highest BCUT2D eigenvalue weighted by Gasteiger charge is 2.04. The number of nitrogens with two attached hydrogens (primary N) is 1. The summed E-state index contributed by atoms with van der Waals surface area (Å²) in [5, 5.41) is 8.71. The Hall–Kier alpha value is -2.41. The Kier molecular flexibility index (Phi) is 2.30. The van der Waals surface area contributed by atoms with Gasteiger partial charge in [0.2, 0.25) is 0 Å². The van der Waals surface area contributed by atoms with Gasteiger partial charge in [-0.2, -0.15) is 5.26 Å². The molecule has 0 fully saturated rings. The van der Waals surface area contributed by atoms with Crippen LogP contribution in [0, 0.1) is 11.3 Å². The van der Waals surface area contributed by atoms with Crippen LogP contribution in [0.3, 0.4) is 0 Å². The molecule has 4 nitrogen and oxygen atoms in total. The molecule has 4 heteroatoms. The topological polar surface area (TPSA) is 75.6 Å². The van der Waals surface area contributed by atoms with Crippen molar-refractivity contribution in [2.75, 3.05) is 5.73 Å². The van der Waals surface area contributed by atoms with Gasteiger partial charge in [-0.1, -0.05) is 6.07 Å². The molecule has 72 valence electrons. The van der Waals surface area contributed by atoms with Crippen LogP contribution in [0.5, 0.6) is 0 Å². The van der Waals surface area contributed by atoms with Gasteiger partial charge in [-0.15, -0.1) is 0 Å². The molecule has 0 amide bonds. The quantitative estimate of drug-likeness (QED) is 0.751. The van der Waals surface area contributed by atoms with E-state index in [1.54, 1.807) is 36.5 Å². The van der Waals surface area contributed by atoms with Crippen LogP contribution in [0.2, 0.25) is 0 Å². The first-order chi connectivity index (χ1) is 7.31. The summed E-state index contributed by atoms with van der Waals surface area (Å²) in [4.78, 5) is 8.25. The molecule has 0 saturated carbocycles. The van der Waals surface area contributed by atoms with E-state index >= 15 is 0 Å². The van der Waals surface area contributed by atoms with Gasteiger partial charge < -0.3 is 5.73 Å². The number of hydrogen-bond acceptors (Lipinski definition) is 4. The first-order valence-electron chi connectivity index (χ1n) is 4.39. The van der Waals surface area contributed by atoms with Crippen molar-refractivity contribution in [1.82, 2.24) is 9.97 Å². The van der Waals surface area contributed by atoms with Crippen LogP contribution in [0.4, 0.5) is 5.69 Å². The Bertz CT molecular complexity index is 528. The van der Waals surface area contributed by atoms with Crippen LogP contribution < -0.4 is 5.73 Å². The molecule has 0 aliphatic carbocycles. The SMILES string of the molecule is N#Cc1cccc(-c2ncccc2N)n1. The van der Waals surface area contributed by atoms with Crippen LogP contribution in [0.1, 0.15) is 5.69 Å². The third kappa shape index (κ3) is 1.76. The molecule has 0 unspecified atom stereocenters. The molecule has 0 spiro atoms. The molecule has 2 aromatic rings. The fraction of sp³-hybridized carbons (Fsp3) is 0. The van der Waals surface area contributed by atoms with E-state index in [4.69, 9.17) is 11.0 Å². The van der Waals surface area contributed by atoms with E-state index < -0.39 is 0 Å². The van der Waals surface area contributed by atoms with Gasteiger partial charge in [0.1, 0.15) is 17.5 Å². The fourth-order valence-electron chi connectivity index (χ4n) is 1.26. The highest BCUT2D eigenvalue weighted by molar-refractivity contribution is 5.69. The van der Waals surface area contributed by atoms with Crippen LogP contribution in [-0.2, 0) is 0 Å². The smallest absolute Gasteiger partial charge is 0.141 e. The highest BCUT2D eigenvalue weighted by atomic mass is 14.8. The summed E-state index contributed by atoms with van der Waals surface area (Å²) < 4.78 is 0. The standard InChI is InChI=1S/C11H8N4/c12-7-8-3-1-5-10(15-8)11-9(13)4-2-6-14-11/h1-6H,13H2. The van der Waals surface area contributed by atoms with Crippen molar-refractivity contribution in [3.8, 4) is 17.5 Å². The average molecular weight is 196 g/mol. The van der Waals surface area contributed by atoms with Crippen molar-refractivity contribution in [2.45, 2.75) is 0 Å². The predicted molar refractivity (Wildman–Crippen MR) is 56.6 cm³/mol. The third-order valence-electron chi connectivity index (χ3n) is 1.95. The van der Waals surface area contributed by atoms with E-state index in [1.807, 2.05) is 6.07 Å². The minimum atomic E-state index is 0.359. The maximum atomic E-state index is 8.71. The Balaban J connectivity index is 2.55. The van der Waals surface area contributed by atoms with Gasteiger partial charge in [0.15, 0.2) is 0 Å². The van der Waals surface area contributed by atoms with Crippen molar-refractivity contribution in [3.63, 3.8) is 0 Å². The van der Waals surface area contributed by atoms with E-state index in [-0.39, 0.29) is 0 Å². The molecule has 0 aromatic carbocycles. The summed E-state index contributed by atoms with van der Waals surface area (Å²) in [6.07, 6.45) is 1.65. The first-order valence-corrected chi connectivity index (χ1v) is 4.39. The lowest BCUT2D eigenvalue weighted by Crippen LogP contribution is -1.95. The molecule has 0 aliphatic rings. The Morgan fingerprint density at radius 3 is 2.80 bits per heavy atom. The maximum absolute atomic E-state index is 8.71. The number of anilines is 1. The second kappa shape index (κ2) is 3.76. The fourth-order valence-corrected chi connectivity index (χ4v) is 1.26. The van der Waals surface area contributed by atoms with Crippen LogP contribution in [-0.4, -0.2) is 9.97 Å². The highest BCUT2D eigenvalue weighted by Crippen LogP contribution is 2.20. The van der Waals surface area contributed by atoms with E-state index in [2.05, 4.69) is 9.97 Å². The number of pyridine rings is 2. The second-order valence-corrected chi connectivity index (χ2v) is 2.96. The molecule has 2 aromatic heterocycles. The van der Waals surface area contributed by atoms with Gasteiger partial charge in [0.05, 0.1) is 11.4 Å². The summed E-state index contributed by atoms with van der Waals surface area (Å²) in [5.41, 5.74) is 7.90. The molecule has 2 N–H and O–H groups in total. The van der Waals surface area contributed by atoms with Gasteiger partial charge in [-0.05, 0) is 24.3 Å². The average Bonchev–Trinajstić information content (AvgIpc) is 2.30. The summed E-state index contributed by atoms with van der Waals surface area (Å²) in [7, 11) is 0. The number of nitrogen functional groups attached to an aromatic ring is 1. The summed E-state index contributed by atoms with van der Waals surface area (Å²) in [6.45, 7) is 0. The molecule has 0 aliphatic heterocycles. The molecule has 0 saturated heterocycles. The van der Waals surface area contributed by atoms with Gasteiger partial charge in [-0.3, -0.25) is 4.98 Å². The monoisotopic (exact) mass is 196 g/mol. The normalized spacial score (nSPS) is 9.53. The van der Waals surface area contributed by atoms with E-state index in [0.717, 1.165) is 0 Å². The van der Waals surface area contributed by atoms with E-state index in [1.165, 1.54) is 0 Å². The second-order valence-electron chi connectivity index (χ2n) is 2.96. The summed E-state index contributed by atoms with van der Waals surface area (Å²) in [6, 6.07) is 10.7. The molecule has 2 rings (SSSR count). The molecule has 0 bridgehead atoms. The van der Waals surface area contributed by atoms with Crippen molar-refractivity contribution < 1.29 is 0 Å². The predicted octanol–water partition coefficient (Wildman–Crippen LogP) is 1.60. The molecule has 15 heavy (non-hydrogen) atoms. The molecular weight excluding hydrogens is 188 g/mol. The largest absolute Gasteiger partial charge is 0.397 e. The first kappa shape index (κ1) is 9.16. The zero-order chi connectivity index (χ0) is 10.7. The number of rotatable bonds is 1. The lowest BCUT2D eigenvalue weighted by atomic mass is 10.2. The van der Waals surface area contributed by atoms with Crippen molar-refractivity contribution in [1.29, 1.82) is 5.26 Å². The minimum absolute atomic E-state index is 0.359. The Morgan fingerprint density at radius 1 is 1.20 bits per heavy atom. The molecular formula is C11H8N4. The molecule has 0 atom stereocenters. The lowest BCUT2D eigenvalue weighted by molar-refractivity contribution is 1.22. The summed E-state index contributed by atoms with van der Waals surface area (Å²) in [5.74, 6) is 0. The maximum Gasteiger partial charge on any atom is 0.141 e. The lowest BCUT2D eigenvalue weighted by Gasteiger charge is -2.02. The van der Waals surface area contributed by atoms with E-state index in [9.17, 15) is 0 Å². The number of aromatic nitrogens is 2. The number of nitriles is 1. The molecule has 0 radical (unpaired) electrons. The Labute approximate surface area is 87.0 Å². The van der Waals surface area contributed by atoms with Crippen LogP contribution in [0.15, 0.2) is 36.5 Å². The van der Waals surface area contributed by atoms with E-state index in [0.29, 0.717) is 22.8 Å². The van der Waals surface area contributed by atoms with Gasteiger partial charge in [0.25, 0.3) is 0 Å². The van der Waals surface area contributed by atoms with Gasteiger partial charge >= 0.3 is 0 Å². The third-order valence-corrected chi connectivity index (χ3v) is 1.95. The minimum Gasteiger partial charge on any atom is -0.397 e. The van der Waals surface area contributed by atoms with Crippen molar-refractivity contribution >= 4 is 5.69 Å². The summed E-state index contributed by atoms with van der Waals surface area (Å²) >= 11 is 0. The zero-order valence-electron chi connectivity index (χ0n) is 7.88. The van der Waals surface area contributed by atoms with Gasteiger partial charge in [0, 0.05) is 6.20 Å². The Morgan fingerprint density at radius 2 is 2.07 bits per heavy atom. The van der Waals surface area contributed by atoms with Crippen LogP contribution >= 0.6 is 0 Å². The molecule has 2 heterocycles. The number of hydrogen-bond donors (Lipinski definition) is 1. The number of nitrogens with zero attached hydrogens (tertiary/aromatic N) is 3.